The third-order valence-electron chi connectivity index (χ3n) is 3.96. The summed E-state index contributed by atoms with van der Waals surface area (Å²) in [6.07, 6.45) is 3.70. The molecule has 0 spiro atoms. The third kappa shape index (κ3) is 5.39. The van der Waals surface area contributed by atoms with Crippen molar-refractivity contribution in [1.82, 2.24) is 0 Å². The van der Waals surface area contributed by atoms with Gasteiger partial charge in [-0.3, -0.25) is 0 Å². The van der Waals surface area contributed by atoms with E-state index in [0.717, 1.165) is 48.0 Å². The van der Waals surface area contributed by atoms with E-state index in [1.165, 1.54) is 0 Å². The Hall–Kier alpha value is -1.78. The molecule has 0 saturated heterocycles. The lowest BCUT2D eigenvalue weighted by Crippen LogP contribution is -2.17. The van der Waals surface area contributed by atoms with E-state index in [9.17, 15) is 5.11 Å². The molecular weight excluding hydrogens is 304 g/mol. The minimum absolute atomic E-state index is 0.317. The van der Waals surface area contributed by atoms with E-state index < -0.39 is 6.10 Å². The van der Waals surface area contributed by atoms with Crippen molar-refractivity contribution in [3.05, 3.63) is 36.4 Å². The fourth-order valence-corrected chi connectivity index (χ4v) is 2.63. The molecule has 132 valence electrons. The molecule has 4 heteroatoms. The highest BCUT2D eigenvalue weighted by Crippen LogP contribution is 2.33. The van der Waals surface area contributed by atoms with Gasteiger partial charge in [-0.25, -0.2) is 0 Å². The summed E-state index contributed by atoms with van der Waals surface area (Å²) in [5.74, 6) is 1.60. The van der Waals surface area contributed by atoms with Crippen LogP contribution in [0, 0.1) is 0 Å². The van der Waals surface area contributed by atoms with Crippen LogP contribution in [0.1, 0.15) is 32.6 Å². The van der Waals surface area contributed by atoms with Gasteiger partial charge in [0, 0.05) is 17.9 Å². The Morgan fingerprint density at radius 3 is 2.21 bits per heavy atom. The molecule has 2 aromatic carbocycles. The van der Waals surface area contributed by atoms with E-state index in [2.05, 4.69) is 6.92 Å². The summed E-state index contributed by atoms with van der Waals surface area (Å²) in [7, 11) is 1.66. The molecule has 1 atom stereocenters. The van der Waals surface area contributed by atoms with Crippen molar-refractivity contribution in [2.75, 3.05) is 26.9 Å². The predicted octanol–water partition coefficient (Wildman–Crippen LogP) is 4.19. The molecular formula is C20H28O4. The topological polar surface area (TPSA) is 47.9 Å². The molecule has 0 heterocycles. The van der Waals surface area contributed by atoms with Gasteiger partial charge < -0.3 is 19.3 Å². The van der Waals surface area contributed by atoms with E-state index in [1.54, 1.807) is 7.11 Å². The van der Waals surface area contributed by atoms with Crippen molar-refractivity contribution in [2.45, 2.75) is 38.7 Å². The zero-order valence-corrected chi connectivity index (χ0v) is 14.7. The van der Waals surface area contributed by atoms with E-state index in [0.29, 0.717) is 19.8 Å². The summed E-state index contributed by atoms with van der Waals surface area (Å²) in [5, 5.41) is 12.0. The normalized spacial score (nSPS) is 12.3. The molecule has 1 N–H and O–H groups in total. The highest BCUT2D eigenvalue weighted by Gasteiger charge is 2.10. The molecule has 0 aliphatic rings. The fourth-order valence-electron chi connectivity index (χ4n) is 2.63. The Labute approximate surface area is 144 Å². The number of rotatable bonds is 11. The molecule has 2 rings (SSSR count). The Bertz CT molecular complexity index is 612. The summed E-state index contributed by atoms with van der Waals surface area (Å²) < 4.78 is 16.7. The quantitative estimate of drug-likeness (QED) is 0.627. The van der Waals surface area contributed by atoms with Crippen molar-refractivity contribution >= 4 is 10.8 Å². The lowest BCUT2D eigenvalue weighted by Gasteiger charge is -2.15. The van der Waals surface area contributed by atoms with Crippen LogP contribution in [0.3, 0.4) is 0 Å². The smallest absolute Gasteiger partial charge is 0.127 e. The average molecular weight is 332 g/mol. The van der Waals surface area contributed by atoms with Crippen LogP contribution in [-0.2, 0) is 4.74 Å². The molecule has 0 saturated carbocycles. The standard InChI is InChI=1S/C20H28O4/c1-3-4-5-8-16(21)15-24-20-12-11-19(23-14-13-22-2)17-9-6-7-10-18(17)20/h6-7,9-12,16,21H,3-5,8,13-15H2,1-2H3. The molecule has 0 aromatic heterocycles. The molecule has 0 fully saturated rings. The fraction of sp³-hybridized carbons (Fsp3) is 0.500. The lowest BCUT2D eigenvalue weighted by molar-refractivity contribution is 0.0983. The molecule has 0 aliphatic carbocycles. The summed E-state index contributed by atoms with van der Waals surface area (Å²) in [5.41, 5.74) is 0. The molecule has 0 aliphatic heterocycles. The molecule has 4 nitrogen and oxygen atoms in total. The van der Waals surface area contributed by atoms with Crippen LogP contribution in [0.25, 0.3) is 10.8 Å². The molecule has 24 heavy (non-hydrogen) atoms. The minimum atomic E-state index is -0.423. The number of unbranched alkanes of at least 4 members (excludes halogenated alkanes) is 2. The van der Waals surface area contributed by atoms with Gasteiger partial charge in [0.2, 0.25) is 0 Å². The van der Waals surface area contributed by atoms with E-state index in [4.69, 9.17) is 14.2 Å². The van der Waals surface area contributed by atoms with E-state index in [1.807, 2.05) is 36.4 Å². The first kappa shape index (κ1) is 18.6. The maximum absolute atomic E-state index is 10.0. The van der Waals surface area contributed by atoms with Gasteiger partial charge >= 0.3 is 0 Å². The Kier molecular flexibility index (Phi) is 7.86. The molecule has 2 aromatic rings. The van der Waals surface area contributed by atoms with Gasteiger partial charge in [0.05, 0.1) is 12.7 Å². The summed E-state index contributed by atoms with van der Waals surface area (Å²) >= 11 is 0. The maximum Gasteiger partial charge on any atom is 0.127 e. The Morgan fingerprint density at radius 1 is 0.917 bits per heavy atom. The minimum Gasteiger partial charge on any atom is -0.491 e. The highest BCUT2D eigenvalue weighted by molar-refractivity contribution is 5.93. The largest absolute Gasteiger partial charge is 0.491 e. The average Bonchev–Trinajstić information content (AvgIpc) is 2.61. The first-order chi connectivity index (χ1) is 11.8. The van der Waals surface area contributed by atoms with Gasteiger partial charge in [-0.2, -0.15) is 0 Å². The zero-order chi connectivity index (χ0) is 17.2. The van der Waals surface area contributed by atoms with Crippen molar-refractivity contribution in [3.8, 4) is 11.5 Å². The van der Waals surface area contributed by atoms with Gasteiger partial charge in [0.1, 0.15) is 24.7 Å². The number of methoxy groups -OCH3 is 1. The van der Waals surface area contributed by atoms with Gasteiger partial charge in [-0.05, 0) is 18.6 Å². The van der Waals surface area contributed by atoms with E-state index >= 15 is 0 Å². The second-order valence-corrected chi connectivity index (χ2v) is 5.91. The van der Waals surface area contributed by atoms with Gasteiger partial charge in [-0.1, -0.05) is 50.5 Å². The van der Waals surface area contributed by atoms with Crippen molar-refractivity contribution in [3.63, 3.8) is 0 Å². The number of ether oxygens (including phenoxy) is 3. The lowest BCUT2D eigenvalue weighted by atomic mass is 10.1. The highest BCUT2D eigenvalue weighted by atomic mass is 16.5. The zero-order valence-electron chi connectivity index (χ0n) is 14.7. The number of fused-ring (bicyclic) bond motifs is 1. The van der Waals surface area contributed by atoms with Gasteiger partial charge in [-0.15, -0.1) is 0 Å². The maximum atomic E-state index is 10.0. The summed E-state index contributed by atoms with van der Waals surface area (Å²) in [6.45, 7) is 3.54. The Morgan fingerprint density at radius 2 is 1.58 bits per heavy atom. The van der Waals surface area contributed by atoms with Crippen LogP contribution in [0.15, 0.2) is 36.4 Å². The number of aliphatic hydroxyl groups excluding tert-OH is 1. The SMILES string of the molecule is CCCCCC(O)COc1ccc(OCCOC)c2ccccc12. The molecule has 1 unspecified atom stereocenters. The molecule has 0 amide bonds. The van der Waals surface area contributed by atoms with Crippen molar-refractivity contribution in [2.24, 2.45) is 0 Å². The summed E-state index contributed by atoms with van der Waals surface area (Å²) in [6, 6.07) is 11.8. The van der Waals surface area contributed by atoms with Gasteiger partial charge in [0.15, 0.2) is 0 Å². The number of aliphatic hydroxyl groups is 1. The van der Waals surface area contributed by atoms with Crippen LogP contribution in [0.2, 0.25) is 0 Å². The van der Waals surface area contributed by atoms with Crippen molar-refractivity contribution < 1.29 is 19.3 Å². The first-order valence-electron chi connectivity index (χ1n) is 8.70. The van der Waals surface area contributed by atoms with Crippen LogP contribution < -0.4 is 9.47 Å². The van der Waals surface area contributed by atoms with E-state index in [-0.39, 0.29) is 0 Å². The molecule has 0 bridgehead atoms. The monoisotopic (exact) mass is 332 g/mol. The third-order valence-corrected chi connectivity index (χ3v) is 3.96. The first-order valence-corrected chi connectivity index (χ1v) is 8.70. The van der Waals surface area contributed by atoms with Crippen LogP contribution in [0.4, 0.5) is 0 Å². The van der Waals surface area contributed by atoms with Gasteiger partial charge in [0.25, 0.3) is 0 Å². The summed E-state index contributed by atoms with van der Waals surface area (Å²) in [4.78, 5) is 0. The second-order valence-electron chi connectivity index (χ2n) is 5.91. The van der Waals surface area contributed by atoms with Crippen LogP contribution >= 0.6 is 0 Å². The number of hydrogen-bond donors (Lipinski definition) is 1. The number of hydrogen-bond acceptors (Lipinski definition) is 4. The Balaban J connectivity index is 2.04. The van der Waals surface area contributed by atoms with Crippen LogP contribution in [-0.4, -0.2) is 38.1 Å². The van der Waals surface area contributed by atoms with Crippen molar-refractivity contribution in [1.29, 1.82) is 0 Å². The predicted molar refractivity (Wildman–Crippen MR) is 97.0 cm³/mol. The number of benzene rings is 2. The molecule has 0 radical (unpaired) electrons. The van der Waals surface area contributed by atoms with Crippen LogP contribution in [0.5, 0.6) is 11.5 Å². The second kappa shape index (κ2) is 10.2.